The average Bonchev–Trinajstić information content (AvgIpc) is 3.30. The van der Waals surface area contributed by atoms with Gasteiger partial charge in [0.05, 0.1) is 18.8 Å². The summed E-state index contributed by atoms with van der Waals surface area (Å²) in [6.07, 6.45) is 3.76. The Balaban J connectivity index is 3.03. The molecule has 0 aliphatic rings. The van der Waals surface area contributed by atoms with E-state index in [1.807, 2.05) is 0 Å². The smallest absolute Gasteiger partial charge is 0.326 e. The first-order valence-corrected chi connectivity index (χ1v) is 12.3. The van der Waals surface area contributed by atoms with Crippen molar-refractivity contribution in [1.29, 1.82) is 0 Å². The van der Waals surface area contributed by atoms with Crippen LogP contribution in [0.2, 0.25) is 0 Å². The zero-order valence-corrected chi connectivity index (χ0v) is 20.5. The van der Waals surface area contributed by atoms with Gasteiger partial charge < -0.3 is 43.2 Å². The number of hydrogen-bond acceptors (Lipinski definition) is 9. The number of nitrogens with one attached hydrogen (secondary N) is 4. The molecule has 0 fully saturated rings. The van der Waals surface area contributed by atoms with Crippen LogP contribution in [0.4, 0.5) is 0 Å². The third-order valence-electron chi connectivity index (χ3n) is 4.91. The third kappa shape index (κ3) is 11.2. The minimum absolute atomic E-state index is 0.0475. The summed E-state index contributed by atoms with van der Waals surface area (Å²) in [5.41, 5.74) is 16.3. The zero-order chi connectivity index (χ0) is 27.3. The van der Waals surface area contributed by atoms with Crippen LogP contribution in [0.3, 0.4) is 0 Å². The summed E-state index contributed by atoms with van der Waals surface area (Å²) in [7, 11) is 0. The molecule has 1 aromatic rings. The molecule has 4 atom stereocenters. The minimum atomic E-state index is -1.40. The number of carbonyl (C=O) groups is 6. The lowest BCUT2D eigenvalue weighted by Crippen LogP contribution is -2.58. The molecule has 1 aromatic heterocycles. The number of thioether (sulfide) groups is 1. The highest BCUT2D eigenvalue weighted by atomic mass is 32.2. The SMILES string of the molecule is CSCCC(NC(=O)C(Cc1cnc[nH]1)NC(=O)C(N)CC(N)=O)C(=O)NC(CCC(N)=O)C(=O)O. The molecule has 0 aliphatic carbocycles. The van der Waals surface area contributed by atoms with Crippen molar-refractivity contribution < 1.29 is 33.9 Å². The maximum atomic E-state index is 13.1. The number of imidazole rings is 1. The van der Waals surface area contributed by atoms with Crippen LogP contribution < -0.4 is 33.2 Å². The Morgan fingerprint density at radius 1 is 0.972 bits per heavy atom. The highest BCUT2D eigenvalue weighted by Crippen LogP contribution is 2.06. The van der Waals surface area contributed by atoms with Crippen LogP contribution in [0.5, 0.6) is 0 Å². The lowest BCUT2D eigenvalue weighted by atomic mass is 10.1. The molecular weight excluding hydrogens is 496 g/mol. The van der Waals surface area contributed by atoms with Crippen LogP contribution in [0.1, 0.15) is 31.4 Å². The maximum absolute atomic E-state index is 13.1. The number of aromatic amines is 1. The van der Waals surface area contributed by atoms with Crippen LogP contribution in [0.25, 0.3) is 0 Å². The van der Waals surface area contributed by atoms with Crippen molar-refractivity contribution in [2.45, 2.75) is 56.3 Å². The van der Waals surface area contributed by atoms with Gasteiger partial charge >= 0.3 is 5.97 Å². The molecule has 0 aromatic carbocycles. The first-order chi connectivity index (χ1) is 16.9. The minimum Gasteiger partial charge on any atom is -0.480 e. The van der Waals surface area contributed by atoms with Crippen molar-refractivity contribution >= 4 is 47.3 Å². The normalized spacial score (nSPS) is 14.1. The topological polar surface area (TPSA) is 265 Å². The van der Waals surface area contributed by atoms with Crippen molar-refractivity contribution in [3.8, 4) is 0 Å². The van der Waals surface area contributed by atoms with Gasteiger partial charge in [-0.1, -0.05) is 0 Å². The second-order valence-corrected chi connectivity index (χ2v) is 8.85. The third-order valence-corrected chi connectivity index (χ3v) is 5.55. The van der Waals surface area contributed by atoms with Gasteiger partial charge in [0.2, 0.25) is 29.5 Å². The van der Waals surface area contributed by atoms with E-state index in [-0.39, 0.29) is 25.7 Å². The number of carboxylic acids is 1. The molecule has 0 radical (unpaired) electrons. The van der Waals surface area contributed by atoms with Gasteiger partial charge in [0, 0.05) is 24.7 Å². The number of amides is 5. The fraction of sp³-hybridized carbons (Fsp3) is 0.550. The van der Waals surface area contributed by atoms with Crippen LogP contribution in [0.15, 0.2) is 12.5 Å². The van der Waals surface area contributed by atoms with Crippen LogP contribution in [-0.4, -0.2) is 86.8 Å². The van der Waals surface area contributed by atoms with Gasteiger partial charge in [0.15, 0.2) is 0 Å². The van der Waals surface area contributed by atoms with Crippen molar-refractivity contribution in [3.05, 3.63) is 18.2 Å². The van der Waals surface area contributed by atoms with Crippen LogP contribution >= 0.6 is 11.8 Å². The summed E-state index contributed by atoms with van der Waals surface area (Å²) in [4.78, 5) is 78.6. The number of rotatable bonds is 17. The monoisotopic (exact) mass is 528 g/mol. The average molecular weight is 529 g/mol. The number of primary amides is 2. The molecule has 200 valence electrons. The molecule has 1 rings (SSSR count). The molecule has 0 saturated carbocycles. The Hall–Kier alpha value is -3.66. The Labute approximate surface area is 211 Å². The Morgan fingerprint density at radius 2 is 1.58 bits per heavy atom. The fourth-order valence-corrected chi connectivity index (χ4v) is 3.48. The standard InChI is InChI=1S/C20H32N8O7S/c1-36-5-4-12(18(32)27-13(20(34)35)2-3-15(22)29)26-19(33)14(6-10-8-24-9-25-10)28-17(31)11(21)7-16(23)30/h8-9,11-14H,2-7,21H2,1H3,(H2,22,29)(H2,23,30)(H,24,25)(H,26,33)(H,27,32)(H,28,31)(H,34,35). The van der Waals surface area contributed by atoms with E-state index in [4.69, 9.17) is 17.2 Å². The lowest BCUT2D eigenvalue weighted by molar-refractivity contribution is -0.142. The second-order valence-electron chi connectivity index (χ2n) is 7.87. The number of nitrogens with zero attached hydrogens (tertiary/aromatic N) is 1. The molecule has 0 saturated heterocycles. The first kappa shape index (κ1) is 30.4. The summed E-state index contributed by atoms with van der Waals surface area (Å²) in [5, 5.41) is 16.6. The van der Waals surface area contributed by atoms with Gasteiger partial charge in [-0.15, -0.1) is 0 Å². The fourth-order valence-electron chi connectivity index (χ4n) is 3.01. The zero-order valence-electron chi connectivity index (χ0n) is 19.7. The molecule has 11 N–H and O–H groups in total. The summed E-state index contributed by atoms with van der Waals surface area (Å²) >= 11 is 1.39. The molecule has 0 spiro atoms. The Kier molecular flexibility index (Phi) is 13.0. The van der Waals surface area contributed by atoms with Gasteiger partial charge in [-0.2, -0.15) is 11.8 Å². The lowest BCUT2D eigenvalue weighted by Gasteiger charge is -2.25. The van der Waals surface area contributed by atoms with E-state index in [1.54, 1.807) is 6.26 Å². The molecule has 15 nitrogen and oxygen atoms in total. The predicted molar refractivity (Wildman–Crippen MR) is 129 cm³/mol. The second kappa shape index (κ2) is 15.4. The van der Waals surface area contributed by atoms with E-state index < -0.39 is 66.1 Å². The molecule has 16 heteroatoms. The molecule has 0 aliphatic heterocycles. The van der Waals surface area contributed by atoms with E-state index in [9.17, 15) is 33.9 Å². The first-order valence-electron chi connectivity index (χ1n) is 10.9. The largest absolute Gasteiger partial charge is 0.480 e. The maximum Gasteiger partial charge on any atom is 0.326 e. The number of carbonyl (C=O) groups excluding carboxylic acids is 5. The van der Waals surface area contributed by atoms with E-state index in [0.717, 1.165) is 0 Å². The molecule has 0 bridgehead atoms. The van der Waals surface area contributed by atoms with E-state index in [2.05, 4.69) is 25.9 Å². The molecule has 5 amide bonds. The molecular formula is C20H32N8O7S. The van der Waals surface area contributed by atoms with Gasteiger partial charge in [0.25, 0.3) is 0 Å². The summed E-state index contributed by atoms with van der Waals surface area (Å²) in [6.45, 7) is 0. The number of aliphatic carboxylic acids is 1. The quantitative estimate of drug-likeness (QED) is 0.0998. The van der Waals surface area contributed by atoms with E-state index in [1.165, 1.54) is 24.3 Å². The van der Waals surface area contributed by atoms with Crippen LogP contribution in [-0.2, 0) is 35.2 Å². The van der Waals surface area contributed by atoms with Crippen molar-refractivity contribution in [3.63, 3.8) is 0 Å². The van der Waals surface area contributed by atoms with E-state index >= 15 is 0 Å². The van der Waals surface area contributed by atoms with E-state index in [0.29, 0.717) is 11.4 Å². The van der Waals surface area contributed by atoms with Crippen molar-refractivity contribution in [1.82, 2.24) is 25.9 Å². The Bertz CT molecular complexity index is 927. The van der Waals surface area contributed by atoms with Gasteiger partial charge in [-0.05, 0) is 24.9 Å². The van der Waals surface area contributed by atoms with Gasteiger partial charge in [0.1, 0.15) is 18.1 Å². The highest BCUT2D eigenvalue weighted by molar-refractivity contribution is 7.98. The molecule has 1 heterocycles. The predicted octanol–water partition coefficient (Wildman–Crippen LogP) is -3.29. The summed E-state index contributed by atoms with van der Waals surface area (Å²) < 4.78 is 0. The summed E-state index contributed by atoms with van der Waals surface area (Å²) in [5.74, 6) is -4.80. The van der Waals surface area contributed by atoms with Crippen molar-refractivity contribution in [2.75, 3.05) is 12.0 Å². The van der Waals surface area contributed by atoms with Gasteiger partial charge in [-0.3, -0.25) is 24.0 Å². The highest BCUT2D eigenvalue weighted by Gasteiger charge is 2.31. The molecule has 4 unspecified atom stereocenters. The molecule has 36 heavy (non-hydrogen) atoms. The number of H-pyrrole nitrogens is 1. The number of aromatic nitrogens is 2. The van der Waals surface area contributed by atoms with Crippen molar-refractivity contribution in [2.24, 2.45) is 17.2 Å². The number of nitrogens with two attached hydrogens (primary N) is 3. The number of hydrogen-bond donors (Lipinski definition) is 8. The number of carboxylic acid groups (broad SMARTS) is 1. The summed E-state index contributed by atoms with van der Waals surface area (Å²) in [6, 6.07) is -5.06. The van der Waals surface area contributed by atoms with Crippen LogP contribution in [0, 0.1) is 0 Å². The Morgan fingerprint density at radius 3 is 2.11 bits per heavy atom. The van der Waals surface area contributed by atoms with Gasteiger partial charge in [-0.25, -0.2) is 9.78 Å².